The van der Waals surface area contributed by atoms with Crippen LogP contribution in [0, 0.1) is 0 Å². The van der Waals surface area contributed by atoms with Crippen molar-refractivity contribution in [1.29, 1.82) is 0 Å². The van der Waals surface area contributed by atoms with Crippen LogP contribution in [0.1, 0.15) is 24.5 Å². The minimum absolute atomic E-state index is 0.592. The molecule has 2 aromatic rings. The molecular formula is C12H16N4. The Bertz CT molecular complexity index is 497. The van der Waals surface area contributed by atoms with Gasteiger partial charge in [0.1, 0.15) is 0 Å². The maximum atomic E-state index is 4.64. The monoisotopic (exact) mass is 216 g/mol. The van der Waals surface area contributed by atoms with Crippen LogP contribution in [0.3, 0.4) is 0 Å². The molecule has 0 spiro atoms. The second-order valence-corrected chi connectivity index (χ2v) is 4.41. The van der Waals surface area contributed by atoms with E-state index >= 15 is 0 Å². The molecule has 0 amide bonds. The standard InChI is InChI=1S/C12H16N4/c1-16-12-10(3-2-6-14-12)11(15-16)9-4-7-13-8-5-9/h2-3,6,9,13H,4-5,7-8H2,1H3. The van der Waals surface area contributed by atoms with Gasteiger partial charge in [-0.3, -0.25) is 4.68 Å². The van der Waals surface area contributed by atoms with E-state index in [0.29, 0.717) is 5.92 Å². The number of hydrogen-bond donors (Lipinski definition) is 1. The molecule has 3 rings (SSSR count). The van der Waals surface area contributed by atoms with Crippen molar-refractivity contribution in [3.63, 3.8) is 0 Å². The van der Waals surface area contributed by atoms with Crippen LogP contribution in [-0.4, -0.2) is 27.9 Å². The molecule has 4 nitrogen and oxygen atoms in total. The molecular weight excluding hydrogens is 200 g/mol. The first-order chi connectivity index (χ1) is 7.86. The number of hydrogen-bond acceptors (Lipinski definition) is 3. The average molecular weight is 216 g/mol. The average Bonchev–Trinajstić information content (AvgIpc) is 2.69. The third-order valence-electron chi connectivity index (χ3n) is 3.35. The van der Waals surface area contributed by atoms with Crippen molar-refractivity contribution in [1.82, 2.24) is 20.1 Å². The Morgan fingerprint density at radius 1 is 1.38 bits per heavy atom. The molecule has 0 unspecified atom stereocenters. The van der Waals surface area contributed by atoms with E-state index in [1.165, 1.54) is 23.9 Å². The third kappa shape index (κ3) is 1.50. The highest BCUT2D eigenvalue weighted by atomic mass is 15.3. The Morgan fingerprint density at radius 3 is 3.00 bits per heavy atom. The predicted molar refractivity (Wildman–Crippen MR) is 63.4 cm³/mol. The van der Waals surface area contributed by atoms with E-state index in [0.717, 1.165) is 18.7 Å². The van der Waals surface area contributed by atoms with Crippen LogP contribution in [0.2, 0.25) is 0 Å². The van der Waals surface area contributed by atoms with Crippen LogP contribution in [-0.2, 0) is 7.05 Å². The van der Waals surface area contributed by atoms with E-state index in [9.17, 15) is 0 Å². The number of pyridine rings is 1. The topological polar surface area (TPSA) is 42.7 Å². The lowest BCUT2D eigenvalue weighted by atomic mass is 9.93. The van der Waals surface area contributed by atoms with Gasteiger partial charge in [0.05, 0.1) is 5.69 Å². The molecule has 3 heterocycles. The number of aryl methyl sites for hydroxylation is 1. The zero-order chi connectivity index (χ0) is 11.0. The molecule has 0 aliphatic carbocycles. The molecule has 1 aliphatic rings. The number of rotatable bonds is 1. The van der Waals surface area contributed by atoms with E-state index in [1.807, 2.05) is 24.0 Å². The second-order valence-electron chi connectivity index (χ2n) is 4.41. The highest BCUT2D eigenvalue weighted by Crippen LogP contribution is 2.29. The molecule has 0 aromatic carbocycles. The molecule has 1 saturated heterocycles. The van der Waals surface area contributed by atoms with Crippen molar-refractivity contribution < 1.29 is 0 Å². The minimum Gasteiger partial charge on any atom is -0.317 e. The molecule has 84 valence electrons. The number of fused-ring (bicyclic) bond motifs is 1. The van der Waals surface area contributed by atoms with Crippen molar-refractivity contribution in [2.24, 2.45) is 7.05 Å². The predicted octanol–water partition coefficient (Wildman–Crippen LogP) is 1.44. The van der Waals surface area contributed by atoms with Gasteiger partial charge in [-0.15, -0.1) is 0 Å². The molecule has 0 radical (unpaired) electrons. The van der Waals surface area contributed by atoms with Gasteiger partial charge in [0.15, 0.2) is 5.65 Å². The fourth-order valence-electron chi connectivity index (χ4n) is 2.51. The van der Waals surface area contributed by atoms with Gasteiger partial charge in [-0.2, -0.15) is 5.10 Å². The van der Waals surface area contributed by atoms with Gasteiger partial charge in [-0.25, -0.2) is 4.98 Å². The molecule has 16 heavy (non-hydrogen) atoms. The highest BCUT2D eigenvalue weighted by Gasteiger charge is 2.21. The first-order valence-electron chi connectivity index (χ1n) is 5.84. The van der Waals surface area contributed by atoms with E-state index in [4.69, 9.17) is 0 Å². The third-order valence-corrected chi connectivity index (χ3v) is 3.35. The van der Waals surface area contributed by atoms with E-state index in [1.54, 1.807) is 0 Å². The van der Waals surface area contributed by atoms with Gasteiger partial charge < -0.3 is 5.32 Å². The Hall–Kier alpha value is -1.42. The normalized spacial score (nSPS) is 18.1. The number of nitrogens with zero attached hydrogens (tertiary/aromatic N) is 3. The number of nitrogens with one attached hydrogen (secondary N) is 1. The number of piperidine rings is 1. The summed E-state index contributed by atoms with van der Waals surface area (Å²) in [5.74, 6) is 0.592. The molecule has 0 atom stereocenters. The van der Waals surface area contributed by atoms with Crippen LogP contribution in [0.25, 0.3) is 11.0 Å². The summed E-state index contributed by atoms with van der Waals surface area (Å²) >= 11 is 0. The van der Waals surface area contributed by atoms with Crippen LogP contribution < -0.4 is 5.32 Å². The Labute approximate surface area is 94.7 Å². The molecule has 1 N–H and O–H groups in total. The zero-order valence-corrected chi connectivity index (χ0v) is 9.48. The smallest absolute Gasteiger partial charge is 0.157 e. The second kappa shape index (κ2) is 3.87. The Kier molecular flexibility index (Phi) is 2.36. The van der Waals surface area contributed by atoms with Crippen molar-refractivity contribution in [2.75, 3.05) is 13.1 Å². The quantitative estimate of drug-likeness (QED) is 0.784. The fourth-order valence-corrected chi connectivity index (χ4v) is 2.51. The van der Waals surface area contributed by atoms with Gasteiger partial charge in [0.25, 0.3) is 0 Å². The maximum absolute atomic E-state index is 4.64. The fraction of sp³-hybridized carbons (Fsp3) is 0.500. The highest BCUT2D eigenvalue weighted by molar-refractivity contribution is 5.78. The zero-order valence-electron chi connectivity index (χ0n) is 9.48. The van der Waals surface area contributed by atoms with E-state index in [2.05, 4.69) is 21.5 Å². The summed E-state index contributed by atoms with van der Waals surface area (Å²) in [4.78, 5) is 4.38. The van der Waals surface area contributed by atoms with Crippen LogP contribution in [0.5, 0.6) is 0 Å². The van der Waals surface area contributed by atoms with Crippen LogP contribution in [0.4, 0.5) is 0 Å². The molecule has 4 heteroatoms. The van der Waals surface area contributed by atoms with Crippen molar-refractivity contribution >= 4 is 11.0 Å². The maximum Gasteiger partial charge on any atom is 0.157 e. The lowest BCUT2D eigenvalue weighted by Crippen LogP contribution is -2.26. The molecule has 0 saturated carbocycles. The lowest BCUT2D eigenvalue weighted by molar-refractivity contribution is 0.451. The lowest BCUT2D eigenvalue weighted by Gasteiger charge is -2.20. The molecule has 2 aromatic heterocycles. The Balaban J connectivity index is 2.08. The van der Waals surface area contributed by atoms with Gasteiger partial charge >= 0.3 is 0 Å². The first-order valence-corrected chi connectivity index (χ1v) is 5.84. The van der Waals surface area contributed by atoms with Crippen molar-refractivity contribution in [3.8, 4) is 0 Å². The van der Waals surface area contributed by atoms with Crippen molar-refractivity contribution in [2.45, 2.75) is 18.8 Å². The SMILES string of the molecule is Cn1nc(C2CCNCC2)c2cccnc21. The molecule has 1 fully saturated rings. The summed E-state index contributed by atoms with van der Waals surface area (Å²) in [6.45, 7) is 2.20. The van der Waals surface area contributed by atoms with E-state index < -0.39 is 0 Å². The van der Waals surface area contributed by atoms with Crippen LogP contribution >= 0.6 is 0 Å². The molecule has 0 bridgehead atoms. The van der Waals surface area contributed by atoms with Crippen molar-refractivity contribution in [3.05, 3.63) is 24.0 Å². The van der Waals surface area contributed by atoms with Crippen LogP contribution in [0.15, 0.2) is 18.3 Å². The summed E-state index contributed by atoms with van der Waals surface area (Å²) in [5, 5.41) is 9.25. The summed E-state index contributed by atoms with van der Waals surface area (Å²) in [6.07, 6.45) is 4.19. The minimum atomic E-state index is 0.592. The van der Waals surface area contributed by atoms with Gasteiger partial charge in [0, 0.05) is 24.5 Å². The summed E-state index contributed by atoms with van der Waals surface area (Å²) < 4.78 is 1.90. The van der Waals surface area contributed by atoms with Gasteiger partial charge in [0.2, 0.25) is 0 Å². The number of aromatic nitrogens is 3. The summed E-state index contributed by atoms with van der Waals surface area (Å²) in [6, 6.07) is 4.13. The Morgan fingerprint density at radius 2 is 2.19 bits per heavy atom. The largest absolute Gasteiger partial charge is 0.317 e. The van der Waals surface area contributed by atoms with Gasteiger partial charge in [-0.05, 0) is 38.1 Å². The van der Waals surface area contributed by atoms with E-state index in [-0.39, 0.29) is 0 Å². The molecule has 1 aliphatic heterocycles. The van der Waals surface area contributed by atoms with Gasteiger partial charge in [-0.1, -0.05) is 0 Å². The first kappa shape index (κ1) is 9.78. The summed E-state index contributed by atoms with van der Waals surface area (Å²) in [7, 11) is 1.97. The summed E-state index contributed by atoms with van der Waals surface area (Å²) in [5.41, 5.74) is 2.23.